The summed E-state index contributed by atoms with van der Waals surface area (Å²) < 4.78 is 5.34. The maximum Gasteiger partial charge on any atom is 0.303 e. The van der Waals surface area contributed by atoms with E-state index in [2.05, 4.69) is 5.32 Å². The van der Waals surface area contributed by atoms with Crippen LogP contribution in [0.5, 0.6) is 0 Å². The summed E-state index contributed by atoms with van der Waals surface area (Å²) in [6, 6.07) is 15.1. The molecule has 2 unspecified atom stereocenters. The Kier molecular flexibility index (Phi) is 4.25. The second-order valence-corrected chi connectivity index (χ2v) is 5.91. The van der Waals surface area contributed by atoms with Crippen molar-refractivity contribution in [3.05, 3.63) is 59.7 Å². The maximum absolute atomic E-state index is 13.2. The van der Waals surface area contributed by atoms with E-state index in [-0.39, 0.29) is 11.9 Å². The topological polar surface area (TPSA) is 58.6 Å². The van der Waals surface area contributed by atoms with Gasteiger partial charge < -0.3 is 10.1 Å². The summed E-state index contributed by atoms with van der Waals surface area (Å²) in [5.41, 5.74) is 3.07. The lowest BCUT2D eigenvalue weighted by Gasteiger charge is -2.40. The summed E-state index contributed by atoms with van der Waals surface area (Å²) >= 11 is 0. The highest BCUT2D eigenvalue weighted by atomic mass is 16.5. The molecule has 0 saturated heterocycles. The minimum Gasteiger partial charge on any atom is -0.459 e. The number of nitrogens with zero attached hydrogens (tertiary/aromatic N) is 1. The molecule has 1 aliphatic rings. The first-order chi connectivity index (χ1) is 11.5. The number of rotatable bonds is 3. The highest BCUT2D eigenvalue weighted by Crippen LogP contribution is 2.33. The first-order valence-corrected chi connectivity index (χ1v) is 7.91. The van der Waals surface area contributed by atoms with Gasteiger partial charge in [0.2, 0.25) is 0 Å². The molecular formula is C19H20N2O3. The van der Waals surface area contributed by atoms with Crippen molar-refractivity contribution in [3.63, 3.8) is 0 Å². The number of benzene rings is 2. The van der Waals surface area contributed by atoms with Gasteiger partial charge in [0.15, 0.2) is 0 Å². The number of nitrogens with one attached hydrogen (secondary N) is 1. The highest BCUT2D eigenvalue weighted by Gasteiger charge is 2.38. The number of amides is 1. The molecule has 2 aromatic rings. The van der Waals surface area contributed by atoms with E-state index >= 15 is 0 Å². The van der Waals surface area contributed by atoms with Crippen LogP contribution >= 0.6 is 0 Å². The average molecular weight is 324 g/mol. The Balaban J connectivity index is 2.09. The quantitative estimate of drug-likeness (QED) is 0.880. The highest BCUT2D eigenvalue weighted by molar-refractivity contribution is 6.13. The largest absolute Gasteiger partial charge is 0.459 e. The summed E-state index contributed by atoms with van der Waals surface area (Å²) in [5, 5.41) is 3.35. The van der Waals surface area contributed by atoms with Crippen LogP contribution in [0, 0.1) is 6.92 Å². The van der Waals surface area contributed by atoms with Gasteiger partial charge in [0.25, 0.3) is 5.91 Å². The van der Waals surface area contributed by atoms with Gasteiger partial charge in [-0.1, -0.05) is 30.3 Å². The van der Waals surface area contributed by atoms with Crippen LogP contribution in [0.1, 0.15) is 29.8 Å². The van der Waals surface area contributed by atoms with Crippen LogP contribution in [0.15, 0.2) is 48.5 Å². The molecule has 0 bridgehead atoms. The Morgan fingerprint density at radius 3 is 2.54 bits per heavy atom. The van der Waals surface area contributed by atoms with Gasteiger partial charge in [0, 0.05) is 18.3 Å². The standard InChI is InChI=1S/C19H20N2O3/c1-12-8-7-11-16-17(12)19(23)21(15-9-5-4-6-10-15)18(20-16)13(2)24-14(3)22/h4-11,13,18,20H,1-3H3. The van der Waals surface area contributed by atoms with Gasteiger partial charge in [0.05, 0.1) is 5.56 Å². The molecule has 1 heterocycles. The number of fused-ring (bicyclic) bond motifs is 1. The Labute approximate surface area is 141 Å². The Bertz CT molecular complexity index is 773. The van der Waals surface area contributed by atoms with Crippen molar-refractivity contribution in [2.24, 2.45) is 0 Å². The smallest absolute Gasteiger partial charge is 0.303 e. The van der Waals surface area contributed by atoms with Gasteiger partial charge in [-0.25, -0.2) is 0 Å². The lowest BCUT2D eigenvalue weighted by atomic mass is 10.00. The molecule has 5 heteroatoms. The molecule has 0 spiro atoms. The predicted molar refractivity (Wildman–Crippen MR) is 93.1 cm³/mol. The molecule has 2 aromatic carbocycles. The van der Waals surface area contributed by atoms with E-state index in [9.17, 15) is 9.59 Å². The van der Waals surface area contributed by atoms with Gasteiger partial charge >= 0.3 is 5.97 Å². The molecule has 24 heavy (non-hydrogen) atoms. The predicted octanol–water partition coefficient (Wildman–Crippen LogP) is 3.35. The van der Waals surface area contributed by atoms with Gasteiger partial charge in [-0.3, -0.25) is 14.5 Å². The lowest BCUT2D eigenvalue weighted by molar-refractivity contribution is -0.146. The van der Waals surface area contributed by atoms with E-state index in [0.717, 1.165) is 16.9 Å². The number of para-hydroxylation sites is 1. The van der Waals surface area contributed by atoms with Crippen LogP contribution in [0.2, 0.25) is 0 Å². The zero-order valence-corrected chi connectivity index (χ0v) is 13.9. The molecule has 0 fully saturated rings. The molecule has 0 aliphatic carbocycles. The Morgan fingerprint density at radius 2 is 1.88 bits per heavy atom. The average Bonchev–Trinajstić information content (AvgIpc) is 2.54. The van der Waals surface area contributed by atoms with Crippen molar-refractivity contribution in [1.29, 1.82) is 0 Å². The molecule has 1 amide bonds. The Morgan fingerprint density at radius 1 is 1.17 bits per heavy atom. The minimum atomic E-state index is -0.500. The molecule has 5 nitrogen and oxygen atoms in total. The SMILES string of the molecule is CC(=O)OC(C)C1Nc2cccc(C)c2C(=O)N1c1ccccc1. The van der Waals surface area contributed by atoms with E-state index in [1.807, 2.05) is 55.5 Å². The maximum atomic E-state index is 13.2. The fourth-order valence-electron chi connectivity index (χ4n) is 3.06. The fourth-order valence-corrected chi connectivity index (χ4v) is 3.06. The lowest BCUT2D eigenvalue weighted by Crippen LogP contribution is -2.55. The summed E-state index contributed by atoms with van der Waals surface area (Å²) in [7, 11) is 0. The van der Waals surface area contributed by atoms with Crippen LogP contribution in [0.25, 0.3) is 0 Å². The van der Waals surface area contributed by atoms with Crippen molar-refractivity contribution in [3.8, 4) is 0 Å². The zero-order valence-electron chi connectivity index (χ0n) is 13.9. The van der Waals surface area contributed by atoms with E-state index in [1.165, 1.54) is 6.92 Å². The van der Waals surface area contributed by atoms with Crippen LogP contribution < -0.4 is 10.2 Å². The number of hydrogen-bond acceptors (Lipinski definition) is 4. The van der Waals surface area contributed by atoms with Crippen LogP contribution in [0.3, 0.4) is 0 Å². The third kappa shape index (κ3) is 2.85. The second-order valence-electron chi connectivity index (χ2n) is 5.91. The summed E-state index contributed by atoms with van der Waals surface area (Å²) in [6.45, 7) is 5.06. The molecule has 0 radical (unpaired) electrons. The van der Waals surface area contributed by atoms with E-state index in [1.54, 1.807) is 11.8 Å². The monoisotopic (exact) mass is 324 g/mol. The van der Waals surface area contributed by atoms with Crippen molar-refractivity contribution >= 4 is 23.3 Å². The summed E-state index contributed by atoms with van der Waals surface area (Å²) in [4.78, 5) is 26.2. The van der Waals surface area contributed by atoms with Crippen LogP contribution in [0.4, 0.5) is 11.4 Å². The molecular weight excluding hydrogens is 304 g/mol. The second kappa shape index (κ2) is 6.35. The summed E-state index contributed by atoms with van der Waals surface area (Å²) in [5.74, 6) is -0.475. The first kappa shape index (κ1) is 16.1. The van der Waals surface area contributed by atoms with Crippen LogP contribution in [-0.2, 0) is 9.53 Å². The van der Waals surface area contributed by atoms with Gasteiger partial charge in [-0.05, 0) is 37.6 Å². The number of carbonyl (C=O) groups excluding carboxylic acids is 2. The fraction of sp³-hybridized carbons (Fsp3) is 0.263. The van der Waals surface area contributed by atoms with Crippen molar-refractivity contribution < 1.29 is 14.3 Å². The van der Waals surface area contributed by atoms with E-state index in [4.69, 9.17) is 4.74 Å². The van der Waals surface area contributed by atoms with Gasteiger partial charge in [-0.2, -0.15) is 0 Å². The molecule has 0 saturated carbocycles. The molecule has 3 rings (SSSR count). The summed E-state index contributed by atoms with van der Waals surface area (Å²) in [6.07, 6.45) is -0.974. The first-order valence-electron chi connectivity index (χ1n) is 7.91. The van der Waals surface area contributed by atoms with Crippen molar-refractivity contribution in [1.82, 2.24) is 0 Å². The normalized spacial score (nSPS) is 17.7. The third-order valence-corrected chi connectivity index (χ3v) is 4.12. The molecule has 0 aromatic heterocycles. The number of aryl methyl sites for hydroxylation is 1. The van der Waals surface area contributed by atoms with Gasteiger partial charge in [0.1, 0.15) is 12.3 Å². The van der Waals surface area contributed by atoms with E-state index < -0.39 is 12.3 Å². The molecule has 1 N–H and O–H groups in total. The van der Waals surface area contributed by atoms with Crippen LogP contribution in [-0.4, -0.2) is 24.1 Å². The molecule has 124 valence electrons. The number of carbonyl (C=O) groups is 2. The molecule has 2 atom stereocenters. The van der Waals surface area contributed by atoms with E-state index in [0.29, 0.717) is 5.56 Å². The Hall–Kier alpha value is -2.82. The number of ether oxygens (including phenoxy) is 1. The molecule has 1 aliphatic heterocycles. The third-order valence-electron chi connectivity index (χ3n) is 4.12. The number of anilines is 2. The zero-order chi connectivity index (χ0) is 17.3. The van der Waals surface area contributed by atoms with Crippen molar-refractivity contribution in [2.45, 2.75) is 33.0 Å². The number of hydrogen-bond donors (Lipinski definition) is 1. The van der Waals surface area contributed by atoms with Gasteiger partial charge in [-0.15, -0.1) is 0 Å². The number of esters is 1. The van der Waals surface area contributed by atoms with Crippen molar-refractivity contribution in [2.75, 3.05) is 10.2 Å². The minimum absolute atomic E-state index is 0.1000.